The third-order valence-electron chi connectivity index (χ3n) is 2.25. The van der Waals surface area contributed by atoms with Gasteiger partial charge < -0.3 is 0 Å². The number of hydrogen-bond acceptors (Lipinski definition) is 2. The van der Waals surface area contributed by atoms with Gasteiger partial charge in [-0.25, -0.2) is 0 Å². The molecule has 0 amide bonds. The van der Waals surface area contributed by atoms with E-state index >= 15 is 0 Å². The van der Waals surface area contributed by atoms with Gasteiger partial charge in [-0.3, -0.25) is 0 Å². The van der Waals surface area contributed by atoms with E-state index in [4.69, 9.17) is 0 Å². The molecule has 0 aliphatic carbocycles. The largest absolute Gasteiger partial charge is 0.281 e. The summed E-state index contributed by atoms with van der Waals surface area (Å²) in [4.78, 5) is 0. The third-order valence-corrected chi connectivity index (χ3v) is 5.08. The number of halogens is 1. The average molecular weight is 271 g/mol. The lowest BCUT2D eigenvalue weighted by atomic mass is 10.2. The van der Waals surface area contributed by atoms with Gasteiger partial charge in [0.15, 0.2) is 0 Å². The fraction of sp³-hybridized carbons (Fsp3) is 1.00. The van der Waals surface area contributed by atoms with Crippen molar-refractivity contribution in [1.82, 2.24) is 8.61 Å². The maximum atomic E-state index is 11.6. The van der Waals surface area contributed by atoms with Crippen LogP contribution in [0.25, 0.3) is 0 Å². The van der Waals surface area contributed by atoms with Crippen molar-refractivity contribution >= 4 is 26.1 Å². The van der Waals surface area contributed by atoms with Gasteiger partial charge >= 0.3 is 0 Å². The quantitative estimate of drug-likeness (QED) is 0.702. The second kappa shape index (κ2) is 4.25. The van der Waals surface area contributed by atoms with E-state index in [1.807, 2.05) is 0 Å². The Morgan fingerprint density at radius 3 is 2.54 bits per heavy atom. The molecule has 1 atom stereocenters. The SMILES string of the molecule is CN(C)S(=O)(=O)N1CCC(CBr)C1. The summed E-state index contributed by atoms with van der Waals surface area (Å²) in [7, 11) is -0.0413. The van der Waals surface area contributed by atoms with Gasteiger partial charge in [0, 0.05) is 32.5 Å². The third kappa shape index (κ3) is 2.43. The zero-order chi connectivity index (χ0) is 10.1. The minimum absolute atomic E-state index is 0.467. The smallest absolute Gasteiger partial charge is 0.195 e. The molecule has 0 saturated carbocycles. The fourth-order valence-corrected chi connectivity index (χ4v) is 3.09. The van der Waals surface area contributed by atoms with Crippen LogP contribution in [0, 0.1) is 5.92 Å². The van der Waals surface area contributed by atoms with Crippen LogP contribution >= 0.6 is 15.9 Å². The maximum absolute atomic E-state index is 11.6. The van der Waals surface area contributed by atoms with E-state index < -0.39 is 10.2 Å². The predicted molar refractivity (Wildman–Crippen MR) is 56.1 cm³/mol. The minimum Gasteiger partial charge on any atom is -0.195 e. The van der Waals surface area contributed by atoms with E-state index in [2.05, 4.69) is 15.9 Å². The molecule has 6 heteroatoms. The van der Waals surface area contributed by atoms with Crippen molar-refractivity contribution in [3.05, 3.63) is 0 Å². The zero-order valence-corrected chi connectivity index (χ0v) is 10.3. The van der Waals surface area contributed by atoms with Crippen molar-refractivity contribution in [3.8, 4) is 0 Å². The standard InChI is InChI=1S/C7H15BrN2O2S/c1-9(2)13(11,12)10-4-3-7(5-8)6-10/h7H,3-6H2,1-2H3. The molecule has 1 saturated heterocycles. The summed E-state index contributed by atoms with van der Waals surface area (Å²) in [5.74, 6) is 0.467. The molecule has 1 rings (SSSR count). The topological polar surface area (TPSA) is 40.6 Å². The van der Waals surface area contributed by atoms with Crippen molar-refractivity contribution in [1.29, 1.82) is 0 Å². The van der Waals surface area contributed by atoms with Gasteiger partial charge in [0.05, 0.1) is 0 Å². The lowest BCUT2D eigenvalue weighted by molar-refractivity contribution is 0.414. The number of rotatable bonds is 3. The Morgan fingerprint density at radius 2 is 2.15 bits per heavy atom. The van der Waals surface area contributed by atoms with Crippen LogP contribution in [0.3, 0.4) is 0 Å². The molecule has 1 aliphatic heterocycles. The van der Waals surface area contributed by atoms with Crippen molar-refractivity contribution in [2.75, 3.05) is 32.5 Å². The summed E-state index contributed by atoms with van der Waals surface area (Å²) >= 11 is 3.37. The molecule has 78 valence electrons. The zero-order valence-electron chi connectivity index (χ0n) is 7.90. The van der Waals surface area contributed by atoms with Gasteiger partial charge in [-0.15, -0.1) is 0 Å². The molecular weight excluding hydrogens is 256 g/mol. The minimum atomic E-state index is -3.17. The van der Waals surface area contributed by atoms with Crippen LogP contribution in [-0.2, 0) is 10.2 Å². The first-order valence-corrected chi connectivity index (χ1v) is 6.74. The predicted octanol–water partition coefficient (Wildman–Crippen LogP) is 0.510. The van der Waals surface area contributed by atoms with Gasteiger partial charge in [-0.2, -0.15) is 17.0 Å². The van der Waals surface area contributed by atoms with Gasteiger partial charge in [0.1, 0.15) is 0 Å². The first-order chi connectivity index (χ1) is 5.98. The molecule has 0 aromatic carbocycles. The highest BCUT2D eigenvalue weighted by atomic mass is 79.9. The monoisotopic (exact) mass is 270 g/mol. The van der Waals surface area contributed by atoms with E-state index in [0.717, 1.165) is 11.8 Å². The van der Waals surface area contributed by atoms with Crippen molar-refractivity contribution in [3.63, 3.8) is 0 Å². The van der Waals surface area contributed by atoms with E-state index in [9.17, 15) is 8.42 Å². The lowest BCUT2D eigenvalue weighted by Crippen LogP contribution is -2.38. The van der Waals surface area contributed by atoms with Crippen LogP contribution in [0.4, 0.5) is 0 Å². The van der Waals surface area contributed by atoms with Crippen LogP contribution in [0.1, 0.15) is 6.42 Å². The van der Waals surface area contributed by atoms with E-state index in [1.165, 1.54) is 4.31 Å². The highest BCUT2D eigenvalue weighted by Gasteiger charge is 2.31. The summed E-state index contributed by atoms with van der Waals surface area (Å²) < 4.78 is 26.1. The molecule has 1 aliphatic rings. The van der Waals surface area contributed by atoms with E-state index in [1.54, 1.807) is 18.4 Å². The highest BCUT2D eigenvalue weighted by molar-refractivity contribution is 9.09. The van der Waals surface area contributed by atoms with Crippen molar-refractivity contribution < 1.29 is 8.42 Å². The molecule has 13 heavy (non-hydrogen) atoms. The summed E-state index contributed by atoms with van der Waals surface area (Å²) in [6, 6.07) is 0. The molecule has 0 aromatic heterocycles. The number of nitrogens with zero attached hydrogens (tertiary/aromatic N) is 2. The Balaban J connectivity index is 2.66. The highest BCUT2D eigenvalue weighted by Crippen LogP contribution is 2.21. The summed E-state index contributed by atoms with van der Waals surface area (Å²) in [6.07, 6.45) is 0.957. The first kappa shape index (κ1) is 11.4. The second-order valence-corrected chi connectivity index (χ2v) is 6.25. The van der Waals surface area contributed by atoms with Crippen LogP contribution in [0.15, 0.2) is 0 Å². The van der Waals surface area contributed by atoms with Gasteiger partial charge in [-0.05, 0) is 12.3 Å². The van der Waals surface area contributed by atoms with Gasteiger partial charge in [0.2, 0.25) is 0 Å². The van der Waals surface area contributed by atoms with Crippen LogP contribution < -0.4 is 0 Å². The van der Waals surface area contributed by atoms with E-state index in [-0.39, 0.29) is 0 Å². The summed E-state index contributed by atoms with van der Waals surface area (Å²) in [6.45, 7) is 1.29. The first-order valence-electron chi connectivity index (χ1n) is 4.22. The second-order valence-electron chi connectivity index (χ2n) is 3.46. The summed E-state index contributed by atoms with van der Waals surface area (Å²) in [5.41, 5.74) is 0. The van der Waals surface area contributed by atoms with Crippen LogP contribution in [-0.4, -0.2) is 49.5 Å². The number of hydrogen-bond donors (Lipinski definition) is 0. The van der Waals surface area contributed by atoms with E-state index in [0.29, 0.717) is 19.0 Å². The molecular formula is C7H15BrN2O2S. The molecule has 0 radical (unpaired) electrons. The molecule has 1 heterocycles. The molecule has 1 unspecified atom stereocenters. The summed E-state index contributed by atoms with van der Waals surface area (Å²) in [5, 5.41) is 0.881. The average Bonchev–Trinajstić information content (AvgIpc) is 2.51. The molecule has 4 nitrogen and oxygen atoms in total. The Hall–Kier alpha value is 0.350. The fourth-order valence-electron chi connectivity index (χ4n) is 1.36. The molecule has 0 spiro atoms. The van der Waals surface area contributed by atoms with Gasteiger partial charge in [0.25, 0.3) is 10.2 Å². The maximum Gasteiger partial charge on any atom is 0.281 e. The van der Waals surface area contributed by atoms with Crippen molar-refractivity contribution in [2.45, 2.75) is 6.42 Å². The van der Waals surface area contributed by atoms with Crippen LogP contribution in [0.5, 0.6) is 0 Å². The Kier molecular flexibility index (Phi) is 3.73. The normalized spacial score (nSPS) is 25.7. The Labute approximate surface area is 88.2 Å². The molecule has 0 aromatic rings. The Bertz CT molecular complexity index is 266. The molecule has 1 fully saturated rings. The van der Waals surface area contributed by atoms with Gasteiger partial charge in [-0.1, -0.05) is 15.9 Å². The molecule has 0 N–H and O–H groups in total. The Morgan fingerprint density at radius 1 is 1.54 bits per heavy atom. The lowest BCUT2D eigenvalue weighted by Gasteiger charge is -2.20. The van der Waals surface area contributed by atoms with Crippen molar-refractivity contribution in [2.24, 2.45) is 5.92 Å². The van der Waals surface area contributed by atoms with Crippen LogP contribution in [0.2, 0.25) is 0 Å². The number of alkyl halides is 1. The molecule has 0 bridgehead atoms.